The third-order valence-corrected chi connectivity index (χ3v) is 3.76. The average Bonchev–Trinajstić information content (AvgIpc) is 2.47. The molecule has 4 nitrogen and oxygen atoms in total. The zero-order valence-electron chi connectivity index (χ0n) is 12.7. The van der Waals surface area contributed by atoms with Gasteiger partial charge in [-0.2, -0.15) is 0 Å². The summed E-state index contributed by atoms with van der Waals surface area (Å²) in [4.78, 5) is 12.7. The molecule has 116 valence electrons. The molecule has 0 aliphatic heterocycles. The molecule has 1 N–H and O–H groups in total. The highest BCUT2D eigenvalue weighted by molar-refractivity contribution is 7.99. The third-order valence-electron chi connectivity index (χ3n) is 2.74. The molecule has 0 radical (unpaired) electrons. The summed E-state index contributed by atoms with van der Waals surface area (Å²) in [6, 6.07) is 12.0. The highest BCUT2D eigenvalue weighted by Gasteiger charge is 2.10. The van der Waals surface area contributed by atoms with Crippen molar-refractivity contribution >= 4 is 17.7 Å². The predicted octanol–water partition coefficient (Wildman–Crippen LogP) is 4.47. The van der Waals surface area contributed by atoms with Crippen LogP contribution in [-0.2, 0) is 4.74 Å². The lowest BCUT2D eigenvalue weighted by atomic mass is 10.2. The second kappa shape index (κ2) is 7.22. The molecule has 22 heavy (non-hydrogen) atoms. The van der Waals surface area contributed by atoms with Gasteiger partial charge in [-0.1, -0.05) is 13.8 Å². The van der Waals surface area contributed by atoms with E-state index in [1.54, 1.807) is 11.8 Å². The Morgan fingerprint density at radius 1 is 1.09 bits per heavy atom. The Balaban J connectivity index is 2.16. The van der Waals surface area contributed by atoms with Crippen molar-refractivity contribution in [3.8, 4) is 17.2 Å². The summed E-state index contributed by atoms with van der Waals surface area (Å²) in [7, 11) is 1.29. The van der Waals surface area contributed by atoms with Crippen LogP contribution in [0.4, 0.5) is 0 Å². The van der Waals surface area contributed by atoms with Gasteiger partial charge in [0, 0.05) is 16.2 Å². The van der Waals surface area contributed by atoms with Crippen LogP contribution in [0, 0.1) is 0 Å². The van der Waals surface area contributed by atoms with Gasteiger partial charge < -0.3 is 14.6 Å². The number of aromatic hydroxyl groups is 1. The van der Waals surface area contributed by atoms with Gasteiger partial charge in [0.25, 0.3) is 0 Å². The topological polar surface area (TPSA) is 55.8 Å². The molecule has 0 saturated carbocycles. The summed E-state index contributed by atoms with van der Waals surface area (Å²) in [5.74, 6) is 0.438. The quantitative estimate of drug-likeness (QED) is 0.651. The van der Waals surface area contributed by atoms with Gasteiger partial charge >= 0.3 is 5.97 Å². The molecular weight excluding hydrogens is 300 g/mol. The molecule has 5 heteroatoms. The van der Waals surface area contributed by atoms with Crippen molar-refractivity contribution in [1.82, 2.24) is 0 Å². The summed E-state index contributed by atoms with van der Waals surface area (Å²) in [6.07, 6.45) is 0. The molecule has 0 heterocycles. The van der Waals surface area contributed by atoms with Crippen LogP contribution in [-0.4, -0.2) is 23.4 Å². The van der Waals surface area contributed by atoms with Crippen molar-refractivity contribution in [2.75, 3.05) is 7.11 Å². The zero-order chi connectivity index (χ0) is 16.1. The number of methoxy groups -OCH3 is 1. The lowest BCUT2D eigenvalue weighted by molar-refractivity contribution is 0.0600. The molecule has 0 fully saturated rings. The highest BCUT2D eigenvalue weighted by Crippen LogP contribution is 2.29. The predicted molar refractivity (Wildman–Crippen MR) is 87.0 cm³/mol. The fourth-order valence-corrected chi connectivity index (χ4v) is 2.71. The van der Waals surface area contributed by atoms with Gasteiger partial charge in [0.05, 0.1) is 12.7 Å². The largest absolute Gasteiger partial charge is 0.508 e. The van der Waals surface area contributed by atoms with Crippen LogP contribution in [0.25, 0.3) is 0 Å². The Morgan fingerprint density at radius 2 is 1.77 bits per heavy atom. The minimum Gasteiger partial charge on any atom is -0.508 e. The van der Waals surface area contributed by atoms with E-state index in [9.17, 15) is 9.90 Å². The number of carbonyl (C=O) groups is 1. The summed E-state index contributed by atoms with van der Waals surface area (Å²) in [6.45, 7) is 4.27. The van der Waals surface area contributed by atoms with Gasteiger partial charge in [-0.25, -0.2) is 4.79 Å². The molecule has 0 saturated heterocycles. The van der Waals surface area contributed by atoms with Crippen molar-refractivity contribution in [3.05, 3.63) is 48.0 Å². The van der Waals surface area contributed by atoms with Crippen LogP contribution in [0.15, 0.2) is 47.4 Å². The Bertz CT molecular complexity index is 650. The number of rotatable bonds is 5. The molecule has 2 rings (SSSR count). The maximum absolute atomic E-state index is 11.5. The van der Waals surface area contributed by atoms with Crippen LogP contribution in [0.2, 0.25) is 0 Å². The average molecular weight is 318 g/mol. The van der Waals surface area contributed by atoms with Crippen LogP contribution in [0.5, 0.6) is 17.2 Å². The number of thioether (sulfide) groups is 1. The number of phenolic OH excluding ortho intramolecular Hbond substituents is 1. The highest BCUT2D eigenvalue weighted by atomic mass is 32.2. The first-order valence-electron chi connectivity index (χ1n) is 6.85. The van der Waals surface area contributed by atoms with Gasteiger partial charge in [-0.3, -0.25) is 0 Å². The summed E-state index contributed by atoms with van der Waals surface area (Å²) >= 11 is 1.77. The van der Waals surface area contributed by atoms with Gasteiger partial charge in [-0.05, 0) is 36.4 Å². The molecule has 0 aliphatic rings. The number of carbonyl (C=O) groups excluding carboxylic acids is 1. The molecule has 0 atom stereocenters. The Hall–Kier alpha value is -2.14. The van der Waals surface area contributed by atoms with E-state index >= 15 is 0 Å². The van der Waals surface area contributed by atoms with Crippen molar-refractivity contribution in [1.29, 1.82) is 0 Å². The Kier molecular flexibility index (Phi) is 5.33. The fourth-order valence-electron chi connectivity index (χ4n) is 1.87. The van der Waals surface area contributed by atoms with E-state index in [4.69, 9.17) is 4.74 Å². The first-order chi connectivity index (χ1) is 10.5. The minimum atomic E-state index is -0.524. The number of esters is 1. The van der Waals surface area contributed by atoms with Crippen molar-refractivity contribution in [2.24, 2.45) is 0 Å². The van der Waals surface area contributed by atoms with Crippen LogP contribution in [0.1, 0.15) is 24.2 Å². The van der Waals surface area contributed by atoms with Gasteiger partial charge in [0.2, 0.25) is 0 Å². The van der Waals surface area contributed by atoms with Gasteiger partial charge in [0.15, 0.2) is 0 Å². The van der Waals surface area contributed by atoms with E-state index in [0.717, 1.165) is 4.90 Å². The summed E-state index contributed by atoms with van der Waals surface area (Å²) < 4.78 is 10.3. The van der Waals surface area contributed by atoms with Crippen molar-refractivity contribution in [2.45, 2.75) is 24.0 Å². The van der Waals surface area contributed by atoms with Crippen molar-refractivity contribution in [3.63, 3.8) is 0 Å². The molecule has 2 aromatic carbocycles. The number of phenols is 1. The molecule has 0 spiro atoms. The first kappa shape index (κ1) is 16.2. The zero-order valence-corrected chi connectivity index (χ0v) is 13.5. The molecule has 0 aliphatic carbocycles. The van der Waals surface area contributed by atoms with E-state index in [2.05, 4.69) is 18.6 Å². The van der Waals surface area contributed by atoms with Gasteiger partial charge in [0.1, 0.15) is 17.2 Å². The lowest BCUT2D eigenvalue weighted by Gasteiger charge is -2.09. The molecular formula is C17H18O4S. The van der Waals surface area contributed by atoms with Crippen LogP contribution >= 0.6 is 11.8 Å². The normalized spacial score (nSPS) is 10.5. The fraction of sp³-hybridized carbons (Fsp3) is 0.235. The molecule has 0 unspecified atom stereocenters. The first-order valence-corrected chi connectivity index (χ1v) is 7.73. The van der Waals surface area contributed by atoms with E-state index in [1.807, 2.05) is 24.3 Å². The maximum atomic E-state index is 11.5. The van der Waals surface area contributed by atoms with Crippen molar-refractivity contribution < 1.29 is 19.4 Å². The van der Waals surface area contributed by atoms with Crippen LogP contribution in [0.3, 0.4) is 0 Å². The third kappa shape index (κ3) is 4.43. The second-order valence-electron chi connectivity index (χ2n) is 4.95. The van der Waals surface area contributed by atoms with E-state index in [0.29, 0.717) is 16.7 Å². The number of benzene rings is 2. The maximum Gasteiger partial charge on any atom is 0.338 e. The Morgan fingerprint density at radius 3 is 2.36 bits per heavy atom. The minimum absolute atomic E-state index is 0.0510. The second-order valence-corrected chi connectivity index (χ2v) is 6.60. The monoisotopic (exact) mass is 318 g/mol. The number of hydrogen-bond acceptors (Lipinski definition) is 5. The smallest absolute Gasteiger partial charge is 0.338 e. The van der Waals surface area contributed by atoms with E-state index in [-0.39, 0.29) is 11.3 Å². The van der Waals surface area contributed by atoms with E-state index < -0.39 is 5.97 Å². The molecule has 0 aromatic heterocycles. The molecule has 0 bridgehead atoms. The lowest BCUT2D eigenvalue weighted by Crippen LogP contribution is -2.01. The SMILES string of the molecule is COC(=O)c1cc(O)cc(Oc2ccc(SC(C)C)cc2)c1. The number of hydrogen-bond donors (Lipinski definition) is 1. The number of ether oxygens (including phenoxy) is 2. The summed E-state index contributed by atoms with van der Waals surface area (Å²) in [5, 5.41) is 10.2. The van der Waals surface area contributed by atoms with Crippen LogP contribution < -0.4 is 4.74 Å². The van der Waals surface area contributed by atoms with Gasteiger partial charge in [-0.15, -0.1) is 11.8 Å². The molecule has 0 amide bonds. The molecule has 2 aromatic rings. The van der Waals surface area contributed by atoms with E-state index in [1.165, 1.54) is 25.3 Å². The Labute approximate surface area is 134 Å². The summed E-state index contributed by atoms with van der Waals surface area (Å²) in [5.41, 5.74) is 0.240. The standard InChI is InChI=1S/C17H18O4S/c1-11(2)22-16-6-4-14(5-7-16)21-15-9-12(17(19)20-3)8-13(18)10-15/h4-11,18H,1-3H3.